The van der Waals surface area contributed by atoms with E-state index in [9.17, 15) is 9.59 Å². The first kappa shape index (κ1) is 17.9. The predicted molar refractivity (Wildman–Crippen MR) is 100 cm³/mol. The standard InChI is InChI=1S/C20H24N4O2/c1-3-11-21-20(26)18-23-17(16-10-6-7-12-24(16)18)19(25)22-13-15-9-5-4-8-14(15)2/h3-5,8-9H,1,6-7,10-13H2,2H3,(H,21,26)(H,22,25). The summed E-state index contributed by atoms with van der Waals surface area (Å²) in [7, 11) is 0. The van der Waals surface area contributed by atoms with Crippen LogP contribution in [0, 0.1) is 6.92 Å². The number of imidazole rings is 1. The van der Waals surface area contributed by atoms with Gasteiger partial charge in [0.15, 0.2) is 5.82 Å². The van der Waals surface area contributed by atoms with E-state index in [2.05, 4.69) is 22.2 Å². The molecule has 0 radical (unpaired) electrons. The zero-order valence-corrected chi connectivity index (χ0v) is 15.0. The third kappa shape index (κ3) is 3.69. The Bertz CT molecular complexity index is 838. The van der Waals surface area contributed by atoms with Crippen LogP contribution in [-0.4, -0.2) is 27.9 Å². The topological polar surface area (TPSA) is 76.0 Å². The molecule has 0 spiro atoms. The van der Waals surface area contributed by atoms with Crippen molar-refractivity contribution in [3.05, 3.63) is 65.3 Å². The number of amides is 2. The minimum atomic E-state index is -0.272. The van der Waals surface area contributed by atoms with Crippen molar-refractivity contribution in [2.24, 2.45) is 0 Å². The zero-order valence-electron chi connectivity index (χ0n) is 15.0. The normalized spacial score (nSPS) is 13.0. The maximum absolute atomic E-state index is 12.7. The lowest BCUT2D eigenvalue weighted by Gasteiger charge is -2.17. The molecule has 3 rings (SSSR count). The Balaban J connectivity index is 1.81. The molecule has 0 saturated heterocycles. The lowest BCUT2D eigenvalue weighted by atomic mass is 10.1. The maximum atomic E-state index is 12.7. The van der Waals surface area contributed by atoms with Crippen molar-refractivity contribution >= 4 is 11.8 Å². The minimum Gasteiger partial charge on any atom is -0.347 e. The van der Waals surface area contributed by atoms with Crippen molar-refractivity contribution in [3.63, 3.8) is 0 Å². The van der Waals surface area contributed by atoms with E-state index in [1.54, 1.807) is 6.08 Å². The van der Waals surface area contributed by atoms with Gasteiger partial charge in [-0.05, 0) is 37.3 Å². The number of rotatable bonds is 6. The number of hydrogen-bond donors (Lipinski definition) is 2. The number of hydrogen-bond acceptors (Lipinski definition) is 3. The van der Waals surface area contributed by atoms with Crippen LogP contribution in [-0.2, 0) is 19.5 Å². The smallest absolute Gasteiger partial charge is 0.287 e. The second kappa shape index (κ2) is 7.99. The van der Waals surface area contributed by atoms with E-state index in [0.29, 0.717) is 31.2 Å². The first-order valence-electron chi connectivity index (χ1n) is 8.93. The molecular formula is C20H24N4O2. The summed E-state index contributed by atoms with van der Waals surface area (Å²) in [6.45, 7) is 7.14. The second-order valence-electron chi connectivity index (χ2n) is 6.45. The molecule has 0 fully saturated rings. The zero-order chi connectivity index (χ0) is 18.5. The Hall–Kier alpha value is -2.89. The van der Waals surface area contributed by atoms with Gasteiger partial charge in [-0.15, -0.1) is 6.58 Å². The van der Waals surface area contributed by atoms with Crippen molar-refractivity contribution in [2.45, 2.75) is 39.3 Å². The fourth-order valence-corrected chi connectivity index (χ4v) is 3.21. The van der Waals surface area contributed by atoms with E-state index in [1.807, 2.05) is 35.8 Å². The van der Waals surface area contributed by atoms with Crippen LogP contribution >= 0.6 is 0 Å². The molecule has 2 aromatic rings. The van der Waals surface area contributed by atoms with Crippen LogP contribution in [0.5, 0.6) is 0 Å². The summed E-state index contributed by atoms with van der Waals surface area (Å²) >= 11 is 0. The van der Waals surface area contributed by atoms with Gasteiger partial charge in [-0.25, -0.2) is 4.98 Å². The third-order valence-electron chi connectivity index (χ3n) is 4.64. The largest absolute Gasteiger partial charge is 0.347 e. The van der Waals surface area contributed by atoms with Gasteiger partial charge in [0.25, 0.3) is 11.8 Å². The summed E-state index contributed by atoms with van der Waals surface area (Å²) in [5.41, 5.74) is 3.41. The number of nitrogens with zero attached hydrogens (tertiary/aromatic N) is 2. The summed E-state index contributed by atoms with van der Waals surface area (Å²) in [6.07, 6.45) is 4.36. The van der Waals surface area contributed by atoms with Crippen molar-refractivity contribution in [3.8, 4) is 0 Å². The molecule has 2 N–H and O–H groups in total. The number of benzene rings is 1. The summed E-state index contributed by atoms with van der Waals surface area (Å²) in [6, 6.07) is 7.93. The molecule has 0 bridgehead atoms. The van der Waals surface area contributed by atoms with Crippen LogP contribution in [0.1, 0.15) is 50.8 Å². The van der Waals surface area contributed by atoms with Gasteiger partial charge in [0.2, 0.25) is 0 Å². The average Bonchev–Trinajstić information content (AvgIpc) is 3.05. The van der Waals surface area contributed by atoms with Crippen LogP contribution in [0.15, 0.2) is 36.9 Å². The molecule has 2 amide bonds. The molecule has 2 heterocycles. The second-order valence-corrected chi connectivity index (χ2v) is 6.45. The van der Waals surface area contributed by atoms with Crippen molar-refractivity contribution in [2.75, 3.05) is 6.54 Å². The Morgan fingerprint density at radius 2 is 2.04 bits per heavy atom. The van der Waals surface area contributed by atoms with Crippen LogP contribution in [0.3, 0.4) is 0 Å². The Morgan fingerprint density at radius 1 is 1.23 bits per heavy atom. The Kier molecular flexibility index (Phi) is 5.51. The van der Waals surface area contributed by atoms with Crippen molar-refractivity contribution < 1.29 is 9.59 Å². The first-order chi connectivity index (χ1) is 12.6. The number of fused-ring (bicyclic) bond motifs is 1. The highest BCUT2D eigenvalue weighted by Crippen LogP contribution is 2.21. The summed E-state index contributed by atoms with van der Waals surface area (Å²) in [5, 5.41) is 5.68. The van der Waals surface area contributed by atoms with E-state index in [-0.39, 0.29) is 11.8 Å². The van der Waals surface area contributed by atoms with Gasteiger partial charge < -0.3 is 15.2 Å². The quantitative estimate of drug-likeness (QED) is 0.784. The van der Waals surface area contributed by atoms with E-state index >= 15 is 0 Å². The number of aryl methyl sites for hydroxylation is 1. The fourth-order valence-electron chi connectivity index (χ4n) is 3.21. The van der Waals surface area contributed by atoms with Gasteiger partial charge in [0.1, 0.15) is 5.69 Å². The highest BCUT2D eigenvalue weighted by molar-refractivity contribution is 5.97. The lowest BCUT2D eigenvalue weighted by molar-refractivity contribution is 0.0941. The molecule has 0 saturated carbocycles. The lowest BCUT2D eigenvalue weighted by Crippen LogP contribution is -2.28. The van der Waals surface area contributed by atoms with Crippen molar-refractivity contribution in [1.29, 1.82) is 0 Å². The summed E-state index contributed by atoms with van der Waals surface area (Å²) in [5.74, 6) is -0.199. The van der Waals surface area contributed by atoms with Crippen LogP contribution in [0.4, 0.5) is 0 Å². The molecule has 0 aliphatic carbocycles. The molecule has 26 heavy (non-hydrogen) atoms. The molecular weight excluding hydrogens is 328 g/mol. The van der Waals surface area contributed by atoms with E-state index in [4.69, 9.17) is 0 Å². The molecule has 1 aromatic carbocycles. The van der Waals surface area contributed by atoms with Gasteiger partial charge in [-0.2, -0.15) is 0 Å². The van der Waals surface area contributed by atoms with Crippen LogP contribution < -0.4 is 10.6 Å². The average molecular weight is 352 g/mol. The van der Waals surface area contributed by atoms with Crippen molar-refractivity contribution in [1.82, 2.24) is 20.2 Å². The van der Waals surface area contributed by atoms with E-state index < -0.39 is 0 Å². The van der Waals surface area contributed by atoms with Crippen LogP contribution in [0.25, 0.3) is 0 Å². The molecule has 1 aliphatic rings. The molecule has 6 heteroatoms. The molecule has 1 aromatic heterocycles. The van der Waals surface area contributed by atoms with Gasteiger partial charge in [-0.1, -0.05) is 30.3 Å². The Morgan fingerprint density at radius 3 is 2.81 bits per heavy atom. The Labute approximate surface area is 153 Å². The number of nitrogens with one attached hydrogen (secondary N) is 2. The molecule has 0 unspecified atom stereocenters. The predicted octanol–water partition coefficient (Wildman–Crippen LogP) is 2.37. The number of aromatic nitrogens is 2. The van der Waals surface area contributed by atoms with Gasteiger partial charge in [0, 0.05) is 19.6 Å². The monoisotopic (exact) mass is 352 g/mol. The summed E-state index contributed by atoms with van der Waals surface area (Å²) in [4.78, 5) is 29.5. The fraction of sp³-hybridized carbons (Fsp3) is 0.350. The highest BCUT2D eigenvalue weighted by Gasteiger charge is 2.27. The highest BCUT2D eigenvalue weighted by atomic mass is 16.2. The van der Waals surface area contributed by atoms with E-state index in [1.165, 1.54) is 0 Å². The molecule has 0 atom stereocenters. The third-order valence-corrected chi connectivity index (χ3v) is 4.64. The molecule has 136 valence electrons. The van der Waals surface area contributed by atoms with Gasteiger partial charge in [0.05, 0.1) is 5.69 Å². The minimum absolute atomic E-state index is 0.235. The van der Waals surface area contributed by atoms with E-state index in [0.717, 1.165) is 36.1 Å². The maximum Gasteiger partial charge on any atom is 0.287 e. The number of carbonyl (C=O) groups is 2. The van der Waals surface area contributed by atoms with Crippen LogP contribution in [0.2, 0.25) is 0 Å². The molecule has 6 nitrogen and oxygen atoms in total. The van der Waals surface area contributed by atoms with Gasteiger partial charge in [-0.3, -0.25) is 9.59 Å². The van der Waals surface area contributed by atoms with Gasteiger partial charge >= 0.3 is 0 Å². The summed E-state index contributed by atoms with van der Waals surface area (Å²) < 4.78 is 1.88. The SMILES string of the molecule is C=CCNC(=O)c1nc(C(=O)NCc2ccccc2C)c2n1CCCC2. The first-order valence-corrected chi connectivity index (χ1v) is 8.93. The number of carbonyl (C=O) groups excluding carboxylic acids is 2. The molecule has 1 aliphatic heterocycles.